The molecular weight excluding hydrogens is 364 g/mol. The normalized spacial score (nSPS) is 19.8. The van der Waals surface area contributed by atoms with Gasteiger partial charge in [-0.25, -0.2) is 0 Å². The SMILES string of the molecule is Cc1ccc([C@H](C)NC(=O)CN2CCC[C@H]2c2ccc3c(c2)OCCO3)cc1C. The van der Waals surface area contributed by atoms with Gasteiger partial charge in [0.25, 0.3) is 0 Å². The van der Waals surface area contributed by atoms with Gasteiger partial charge in [-0.1, -0.05) is 24.3 Å². The molecule has 0 aromatic heterocycles. The maximum absolute atomic E-state index is 12.7. The van der Waals surface area contributed by atoms with Crippen LogP contribution in [-0.4, -0.2) is 37.1 Å². The van der Waals surface area contributed by atoms with Crippen LogP contribution in [0.25, 0.3) is 0 Å². The van der Waals surface area contributed by atoms with E-state index in [1.807, 2.05) is 13.0 Å². The number of likely N-dealkylation sites (tertiary alicyclic amines) is 1. The minimum atomic E-state index is -0.00264. The molecule has 2 atom stereocenters. The van der Waals surface area contributed by atoms with Crippen molar-refractivity contribution in [2.75, 3.05) is 26.3 Å². The second-order valence-electron chi connectivity index (χ2n) is 8.16. The van der Waals surface area contributed by atoms with Crippen molar-refractivity contribution in [2.45, 2.75) is 45.7 Å². The standard InChI is InChI=1S/C24H30N2O3/c1-16-6-7-19(13-17(16)2)18(3)25-24(27)15-26-10-4-5-21(26)20-8-9-22-23(14-20)29-12-11-28-22/h6-9,13-14,18,21H,4-5,10-12,15H2,1-3H3,(H,25,27)/t18-,21-/m0/s1. The Hall–Kier alpha value is -2.53. The summed E-state index contributed by atoms with van der Waals surface area (Å²) in [5.41, 5.74) is 4.86. The Morgan fingerprint density at radius 1 is 1.10 bits per heavy atom. The van der Waals surface area contributed by atoms with E-state index in [0.717, 1.165) is 36.4 Å². The van der Waals surface area contributed by atoms with Crippen LogP contribution in [0.15, 0.2) is 36.4 Å². The van der Waals surface area contributed by atoms with Gasteiger partial charge in [-0.15, -0.1) is 0 Å². The first-order valence-corrected chi connectivity index (χ1v) is 10.5. The van der Waals surface area contributed by atoms with Gasteiger partial charge in [0.1, 0.15) is 13.2 Å². The fourth-order valence-electron chi connectivity index (χ4n) is 4.25. The van der Waals surface area contributed by atoms with Crippen LogP contribution in [0.1, 0.15) is 54.1 Å². The van der Waals surface area contributed by atoms with E-state index in [1.54, 1.807) is 0 Å². The van der Waals surface area contributed by atoms with Gasteiger partial charge in [0.15, 0.2) is 11.5 Å². The van der Waals surface area contributed by atoms with Crippen LogP contribution >= 0.6 is 0 Å². The lowest BCUT2D eigenvalue weighted by atomic mass is 10.0. The molecule has 2 aliphatic heterocycles. The summed E-state index contributed by atoms with van der Waals surface area (Å²) in [6.45, 7) is 8.79. The lowest BCUT2D eigenvalue weighted by Crippen LogP contribution is -2.38. The summed E-state index contributed by atoms with van der Waals surface area (Å²) in [6, 6.07) is 12.8. The van der Waals surface area contributed by atoms with Gasteiger partial charge in [-0.3, -0.25) is 9.69 Å². The van der Waals surface area contributed by atoms with E-state index in [4.69, 9.17) is 9.47 Å². The van der Waals surface area contributed by atoms with Crippen LogP contribution in [-0.2, 0) is 4.79 Å². The molecule has 0 aliphatic carbocycles. The Labute approximate surface area is 173 Å². The van der Waals surface area contributed by atoms with Crippen molar-refractivity contribution in [3.8, 4) is 11.5 Å². The monoisotopic (exact) mass is 394 g/mol. The molecule has 1 amide bonds. The minimum absolute atomic E-state index is 0.00264. The lowest BCUT2D eigenvalue weighted by Gasteiger charge is -2.27. The molecule has 29 heavy (non-hydrogen) atoms. The van der Waals surface area contributed by atoms with Crippen molar-refractivity contribution < 1.29 is 14.3 Å². The molecule has 0 unspecified atom stereocenters. The lowest BCUT2D eigenvalue weighted by molar-refractivity contribution is -0.123. The van der Waals surface area contributed by atoms with Crippen LogP contribution in [0.5, 0.6) is 11.5 Å². The predicted octanol–water partition coefficient (Wildman–Crippen LogP) is 4.09. The number of nitrogens with one attached hydrogen (secondary N) is 1. The Bertz CT molecular complexity index is 896. The number of amides is 1. The quantitative estimate of drug-likeness (QED) is 0.830. The molecule has 4 rings (SSSR count). The van der Waals surface area contributed by atoms with Crippen molar-refractivity contribution in [1.29, 1.82) is 0 Å². The Morgan fingerprint density at radius 3 is 2.69 bits per heavy atom. The van der Waals surface area contributed by atoms with E-state index >= 15 is 0 Å². The van der Waals surface area contributed by atoms with Crippen molar-refractivity contribution in [1.82, 2.24) is 10.2 Å². The number of hydrogen-bond acceptors (Lipinski definition) is 4. The summed E-state index contributed by atoms with van der Waals surface area (Å²) in [4.78, 5) is 15.0. The third-order valence-electron chi connectivity index (χ3n) is 6.07. The number of ether oxygens (including phenoxy) is 2. The minimum Gasteiger partial charge on any atom is -0.486 e. The topological polar surface area (TPSA) is 50.8 Å². The molecule has 1 saturated heterocycles. The summed E-state index contributed by atoms with van der Waals surface area (Å²) in [6.07, 6.45) is 2.15. The molecule has 1 fully saturated rings. The van der Waals surface area contributed by atoms with E-state index in [1.165, 1.54) is 16.7 Å². The van der Waals surface area contributed by atoms with Crippen molar-refractivity contribution in [2.24, 2.45) is 0 Å². The molecular formula is C24H30N2O3. The predicted molar refractivity (Wildman–Crippen MR) is 113 cm³/mol. The molecule has 0 saturated carbocycles. The largest absolute Gasteiger partial charge is 0.486 e. The molecule has 0 spiro atoms. The fraction of sp³-hybridized carbons (Fsp3) is 0.458. The van der Waals surface area contributed by atoms with E-state index in [-0.39, 0.29) is 18.0 Å². The summed E-state index contributed by atoms with van der Waals surface area (Å²) < 4.78 is 11.4. The third-order valence-corrected chi connectivity index (χ3v) is 6.07. The number of carbonyl (C=O) groups is 1. The number of hydrogen-bond donors (Lipinski definition) is 1. The highest BCUT2D eigenvalue weighted by Gasteiger charge is 2.29. The zero-order chi connectivity index (χ0) is 20.4. The van der Waals surface area contributed by atoms with E-state index < -0.39 is 0 Å². The molecule has 2 aromatic carbocycles. The maximum Gasteiger partial charge on any atom is 0.234 e. The van der Waals surface area contributed by atoms with Crippen LogP contribution in [0.4, 0.5) is 0 Å². The molecule has 2 aromatic rings. The molecule has 0 bridgehead atoms. The Morgan fingerprint density at radius 2 is 1.90 bits per heavy atom. The average molecular weight is 395 g/mol. The zero-order valence-corrected chi connectivity index (χ0v) is 17.5. The third kappa shape index (κ3) is 4.40. The highest BCUT2D eigenvalue weighted by Crippen LogP contribution is 2.37. The number of nitrogens with zero attached hydrogens (tertiary/aromatic N) is 1. The first kappa shape index (κ1) is 19.8. The first-order chi connectivity index (χ1) is 14.0. The number of aryl methyl sites for hydroxylation is 2. The zero-order valence-electron chi connectivity index (χ0n) is 17.5. The Balaban J connectivity index is 1.40. The summed E-state index contributed by atoms with van der Waals surface area (Å²) in [5, 5.41) is 3.17. The van der Waals surface area contributed by atoms with Gasteiger partial charge < -0.3 is 14.8 Å². The van der Waals surface area contributed by atoms with Crippen molar-refractivity contribution in [3.05, 3.63) is 58.7 Å². The van der Waals surface area contributed by atoms with Gasteiger partial charge in [0.05, 0.1) is 12.6 Å². The summed E-state index contributed by atoms with van der Waals surface area (Å²) >= 11 is 0. The van der Waals surface area contributed by atoms with Crippen LogP contribution in [0.3, 0.4) is 0 Å². The van der Waals surface area contributed by atoms with Crippen LogP contribution in [0, 0.1) is 13.8 Å². The molecule has 1 N–H and O–H groups in total. The second-order valence-corrected chi connectivity index (χ2v) is 8.16. The van der Waals surface area contributed by atoms with Gasteiger partial charge in [0.2, 0.25) is 5.91 Å². The first-order valence-electron chi connectivity index (χ1n) is 10.5. The number of carbonyl (C=O) groups excluding carboxylic acids is 1. The van der Waals surface area contributed by atoms with Gasteiger partial charge in [-0.2, -0.15) is 0 Å². The van der Waals surface area contributed by atoms with E-state index in [2.05, 4.69) is 54.4 Å². The fourth-order valence-corrected chi connectivity index (χ4v) is 4.25. The highest BCUT2D eigenvalue weighted by atomic mass is 16.6. The summed E-state index contributed by atoms with van der Waals surface area (Å²) in [7, 11) is 0. The smallest absolute Gasteiger partial charge is 0.234 e. The molecule has 154 valence electrons. The van der Waals surface area contributed by atoms with Gasteiger partial charge in [0, 0.05) is 6.04 Å². The second kappa shape index (κ2) is 8.46. The summed E-state index contributed by atoms with van der Waals surface area (Å²) in [5.74, 6) is 1.69. The number of rotatable bonds is 5. The van der Waals surface area contributed by atoms with Crippen molar-refractivity contribution in [3.63, 3.8) is 0 Å². The van der Waals surface area contributed by atoms with Gasteiger partial charge in [-0.05, 0) is 74.5 Å². The molecule has 0 radical (unpaired) electrons. The molecule has 2 heterocycles. The average Bonchev–Trinajstić information content (AvgIpc) is 3.17. The molecule has 5 heteroatoms. The van der Waals surface area contributed by atoms with Crippen LogP contribution in [0.2, 0.25) is 0 Å². The highest BCUT2D eigenvalue weighted by molar-refractivity contribution is 5.78. The maximum atomic E-state index is 12.7. The van der Waals surface area contributed by atoms with Crippen LogP contribution < -0.4 is 14.8 Å². The number of fused-ring (bicyclic) bond motifs is 1. The molecule has 5 nitrogen and oxygen atoms in total. The van der Waals surface area contributed by atoms with Crippen molar-refractivity contribution >= 4 is 5.91 Å². The number of benzene rings is 2. The Kier molecular flexibility index (Phi) is 5.76. The van der Waals surface area contributed by atoms with E-state index in [0.29, 0.717) is 19.8 Å². The van der Waals surface area contributed by atoms with Gasteiger partial charge >= 0.3 is 0 Å². The molecule has 2 aliphatic rings. The van der Waals surface area contributed by atoms with E-state index in [9.17, 15) is 4.79 Å².